The topological polar surface area (TPSA) is 68.0 Å². The molecule has 0 fully saturated rings. The number of thiocarbonyl (C=S) groups is 1. The minimum Gasteiger partial charge on any atom is -0.393 e. The van der Waals surface area contributed by atoms with Crippen molar-refractivity contribution < 1.29 is 4.79 Å². The van der Waals surface area contributed by atoms with Gasteiger partial charge in [-0.05, 0) is 13.3 Å². The Hall–Kier alpha value is -1.01. The van der Waals surface area contributed by atoms with Crippen molar-refractivity contribution in [2.75, 3.05) is 0 Å². The summed E-state index contributed by atoms with van der Waals surface area (Å²) in [5.41, 5.74) is 5.50. The summed E-state index contributed by atoms with van der Waals surface area (Å²) in [6, 6.07) is -0.101. The predicted octanol–water partition coefficient (Wildman–Crippen LogP) is 1.63. The fourth-order valence-corrected chi connectivity index (χ4v) is 2.26. The van der Waals surface area contributed by atoms with E-state index in [-0.39, 0.29) is 16.9 Å². The molecule has 3 N–H and O–H groups in total. The van der Waals surface area contributed by atoms with Crippen molar-refractivity contribution in [3.63, 3.8) is 0 Å². The van der Waals surface area contributed by atoms with Crippen LogP contribution in [0, 0.1) is 5.92 Å². The number of aromatic nitrogens is 1. The normalized spacial score (nSPS) is 14.1. The maximum Gasteiger partial charge on any atom is 0.230 e. The van der Waals surface area contributed by atoms with E-state index in [0.717, 1.165) is 5.01 Å². The van der Waals surface area contributed by atoms with Gasteiger partial charge in [-0.15, -0.1) is 11.3 Å². The molecule has 1 heterocycles. The van der Waals surface area contributed by atoms with Crippen molar-refractivity contribution in [2.24, 2.45) is 11.7 Å². The average Bonchev–Trinajstić information content (AvgIpc) is 2.70. The van der Waals surface area contributed by atoms with Gasteiger partial charge in [0.2, 0.25) is 5.91 Å². The third kappa shape index (κ3) is 3.24. The second kappa shape index (κ2) is 5.91. The van der Waals surface area contributed by atoms with E-state index in [9.17, 15) is 4.79 Å². The van der Waals surface area contributed by atoms with Gasteiger partial charge in [-0.3, -0.25) is 4.79 Å². The van der Waals surface area contributed by atoms with Gasteiger partial charge in [0.15, 0.2) is 0 Å². The first kappa shape index (κ1) is 13.1. The number of rotatable bonds is 5. The fraction of sp³-hybridized carbons (Fsp3) is 0.500. The number of carbonyl (C=O) groups excluding carboxylic acids is 1. The van der Waals surface area contributed by atoms with Gasteiger partial charge in [0.25, 0.3) is 0 Å². The number of hydrogen-bond donors (Lipinski definition) is 2. The largest absolute Gasteiger partial charge is 0.393 e. The van der Waals surface area contributed by atoms with E-state index >= 15 is 0 Å². The number of hydrogen-bond acceptors (Lipinski definition) is 4. The molecule has 6 heteroatoms. The lowest BCUT2D eigenvalue weighted by Crippen LogP contribution is -2.38. The highest BCUT2D eigenvalue weighted by atomic mass is 32.1. The van der Waals surface area contributed by atoms with Gasteiger partial charge in [0.1, 0.15) is 5.01 Å². The molecule has 1 rings (SSSR count). The zero-order valence-electron chi connectivity index (χ0n) is 9.27. The van der Waals surface area contributed by atoms with E-state index in [1.165, 1.54) is 11.3 Å². The number of carbonyl (C=O) groups is 1. The van der Waals surface area contributed by atoms with E-state index in [1.54, 1.807) is 6.20 Å². The molecule has 0 aliphatic carbocycles. The molecule has 2 unspecified atom stereocenters. The Morgan fingerprint density at radius 3 is 2.88 bits per heavy atom. The van der Waals surface area contributed by atoms with Crippen LogP contribution in [0.5, 0.6) is 0 Å². The first-order valence-corrected chi connectivity index (χ1v) is 6.34. The van der Waals surface area contributed by atoms with Crippen LogP contribution in [0.15, 0.2) is 11.6 Å². The van der Waals surface area contributed by atoms with Crippen molar-refractivity contribution in [3.05, 3.63) is 16.6 Å². The van der Waals surface area contributed by atoms with Crippen molar-refractivity contribution in [1.82, 2.24) is 10.3 Å². The minimum absolute atomic E-state index is 0.101. The fourth-order valence-electron chi connectivity index (χ4n) is 1.34. The molecule has 0 spiro atoms. The molecule has 0 saturated carbocycles. The molecule has 1 aromatic rings. The van der Waals surface area contributed by atoms with Crippen LogP contribution in [0.4, 0.5) is 0 Å². The number of nitrogens with two attached hydrogens (primary N) is 1. The van der Waals surface area contributed by atoms with Gasteiger partial charge >= 0.3 is 0 Å². The number of amides is 1. The quantitative estimate of drug-likeness (QED) is 0.787. The highest BCUT2D eigenvalue weighted by Gasteiger charge is 2.21. The molecule has 1 aromatic heterocycles. The van der Waals surface area contributed by atoms with Crippen LogP contribution >= 0.6 is 23.6 Å². The first-order valence-electron chi connectivity index (χ1n) is 5.05. The molecule has 1 amide bonds. The average molecular weight is 257 g/mol. The Bertz CT molecular complexity index is 364. The van der Waals surface area contributed by atoms with Crippen molar-refractivity contribution in [3.8, 4) is 0 Å². The van der Waals surface area contributed by atoms with E-state index in [2.05, 4.69) is 10.3 Å². The molecule has 88 valence electrons. The molecule has 0 aromatic carbocycles. The van der Waals surface area contributed by atoms with Gasteiger partial charge in [-0.2, -0.15) is 0 Å². The second-order valence-electron chi connectivity index (χ2n) is 3.46. The summed E-state index contributed by atoms with van der Waals surface area (Å²) < 4.78 is 0. The zero-order chi connectivity index (χ0) is 12.1. The van der Waals surface area contributed by atoms with E-state index in [0.29, 0.717) is 6.42 Å². The molecular formula is C10H15N3OS2. The van der Waals surface area contributed by atoms with Crippen LogP contribution in [0.2, 0.25) is 0 Å². The van der Waals surface area contributed by atoms with E-state index in [1.807, 2.05) is 19.2 Å². The number of nitrogens with one attached hydrogen (secondary N) is 1. The lowest BCUT2D eigenvalue weighted by Gasteiger charge is -2.16. The summed E-state index contributed by atoms with van der Waals surface area (Å²) in [6.07, 6.45) is 2.33. The standard InChI is InChI=1S/C10H15N3OS2/c1-3-7(8(11)15)9(14)13-6(2)10-12-4-5-16-10/h4-7H,3H2,1-2H3,(H2,11,15)(H,13,14). The number of nitrogens with zero attached hydrogens (tertiary/aromatic N) is 1. The Labute approximate surface area is 104 Å². The van der Waals surface area contributed by atoms with Crippen molar-refractivity contribution >= 4 is 34.5 Å². The molecular weight excluding hydrogens is 242 g/mol. The Morgan fingerprint density at radius 2 is 2.44 bits per heavy atom. The SMILES string of the molecule is CCC(C(=O)NC(C)c1nccs1)C(N)=S. The summed E-state index contributed by atoms with van der Waals surface area (Å²) in [5, 5.41) is 5.61. The third-order valence-electron chi connectivity index (χ3n) is 2.25. The predicted molar refractivity (Wildman–Crippen MR) is 69.2 cm³/mol. The zero-order valence-corrected chi connectivity index (χ0v) is 10.9. The monoisotopic (exact) mass is 257 g/mol. The summed E-state index contributed by atoms with van der Waals surface area (Å²) in [4.78, 5) is 16.2. The summed E-state index contributed by atoms with van der Waals surface area (Å²) in [6.45, 7) is 3.78. The lowest BCUT2D eigenvalue weighted by molar-refractivity contribution is -0.123. The van der Waals surface area contributed by atoms with Crippen molar-refractivity contribution in [2.45, 2.75) is 26.3 Å². The molecule has 0 saturated heterocycles. The third-order valence-corrected chi connectivity index (χ3v) is 3.49. The number of thiazole rings is 1. The van der Waals surface area contributed by atoms with E-state index in [4.69, 9.17) is 18.0 Å². The van der Waals surface area contributed by atoms with Gasteiger partial charge in [-0.25, -0.2) is 4.98 Å². The van der Waals surface area contributed by atoms with Crippen LogP contribution < -0.4 is 11.1 Å². The van der Waals surface area contributed by atoms with Crippen LogP contribution in [0.25, 0.3) is 0 Å². The first-order chi connectivity index (χ1) is 7.56. The highest BCUT2D eigenvalue weighted by molar-refractivity contribution is 7.80. The van der Waals surface area contributed by atoms with Crippen LogP contribution in [-0.2, 0) is 4.79 Å². The van der Waals surface area contributed by atoms with Gasteiger partial charge in [-0.1, -0.05) is 19.1 Å². The molecule has 0 radical (unpaired) electrons. The smallest absolute Gasteiger partial charge is 0.230 e. The van der Waals surface area contributed by atoms with Crippen LogP contribution in [-0.4, -0.2) is 15.9 Å². The van der Waals surface area contributed by atoms with Gasteiger partial charge in [0.05, 0.1) is 16.9 Å². The van der Waals surface area contributed by atoms with E-state index < -0.39 is 5.92 Å². The maximum atomic E-state index is 11.8. The molecule has 2 atom stereocenters. The summed E-state index contributed by atoms with van der Waals surface area (Å²) in [7, 11) is 0. The minimum atomic E-state index is -0.391. The van der Waals surface area contributed by atoms with Gasteiger partial charge < -0.3 is 11.1 Å². The van der Waals surface area contributed by atoms with Crippen molar-refractivity contribution in [1.29, 1.82) is 0 Å². The molecule has 4 nitrogen and oxygen atoms in total. The molecule has 16 heavy (non-hydrogen) atoms. The maximum absolute atomic E-state index is 11.8. The Kier molecular flexibility index (Phi) is 4.82. The Balaban J connectivity index is 2.60. The molecule has 0 aliphatic rings. The summed E-state index contributed by atoms with van der Waals surface area (Å²) >= 11 is 6.36. The lowest BCUT2D eigenvalue weighted by atomic mass is 10.1. The molecule has 0 bridgehead atoms. The molecule has 0 aliphatic heterocycles. The second-order valence-corrected chi connectivity index (χ2v) is 4.86. The van der Waals surface area contributed by atoms with Gasteiger partial charge in [0, 0.05) is 11.6 Å². The van der Waals surface area contributed by atoms with Crippen LogP contribution in [0.1, 0.15) is 31.3 Å². The highest BCUT2D eigenvalue weighted by Crippen LogP contribution is 2.15. The Morgan fingerprint density at radius 1 is 1.75 bits per heavy atom. The summed E-state index contributed by atoms with van der Waals surface area (Å²) in [5.74, 6) is -0.518. The van der Waals surface area contributed by atoms with Crippen LogP contribution in [0.3, 0.4) is 0 Å².